The van der Waals surface area contributed by atoms with E-state index >= 15 is 0 Å². The molecular weight excluding hydrogens is 509 g/mol. The Balaban J connectivity index is 1.52. The number of allylic oxidation sites excluding steroid dienone is 1. The Bertz CT molecular complexity index is 1680. The SMILES string of the molecule is C=C(/C=C(/C)ON)C1(NC(=O)c2ccc(C)c(-c3ccc4oc(-c5ccc(F)cc5)c(C(=O)NC)c4c3)c2)CC1. The first kappa shape index (κ1) is 26.9. The van der Waals surface area contributed by atoms with E-state index in [4.69, 9.17) is 15.2 Å². The Morgan fingerprint density at radius 2 is 1.75 bits per heavy atom. The fourth-order valence-electron chi connectivity index (χ4n) is 4.85. The third-order valence-corrected chi connectivity index (χ3v) is 7.34. The Morgan fingerprint density at radius 1 is 1.05 bits per heavy atom. The van der Waals surface area contributed by atoms with Gasteiger partial charge in [-0.1, -0.05) is 18.7 Å². The topological polar surface area (TPSA) is 107 Å². The summed E-state index contributed by atoms with van der Waals surface area (Å²) in [4.78, 5) is 31.0. The smallest absolute Gasteiger partial charge is 0.255 e. The number of carbonyl (C=O) groups excluding carboxylic acids is 2. The number of hydrogen-bond acceptors (Lipinski definition) is 5. The maximum atomic E-state index is 13.5. The maximum Gasteiger partial charge on any atom is 0.255 e. The van der Waals surface area contributed by atoms with Crippen LogP contribution < -0.4 is 16.5 Å². The van der Waals surface area contributed by atoms with Gasteiger partial charge in [-0.3, -0.25) is 9.59 Å². The van der Waals surface area contributed by atoms with E-state index in [0.717, 1.165) is 35.1 Å². The number of nitrogens with one attached hydrogen (secondary N) is 2. The molecule has 40 heavy (non-hydrogen) atoms. The highest BCUT2D eigenvalue weighted by Crippen LogP contribution is 2.43. The molecule has 1 aliphatic rings. The summed E-state index contributed by atoms with van der Waals surface area (Å²) in [7, 11) is 1.55. The second-order valence-electron chi connectivity index (χ2n) is 10.1. The third-order valence-electron chi connectivity index (χ3n) is 7.34. The molecule has 0 aliphatic heterocycles. The molecule has 0 radical (unpaired) electrons. The number of fused-ring (bicyclic) bond motifs is 1. The molecule has 8 heteroatoms. The normalized spacial score (nSPS) is 14.1. The highest BCUT2D eigenvalue weighted by atomic mass is 19.1. The number of hydrogen-bond donors (Lipinski definition) is 3. The lowest BCUT2D eigenvalue weighted by Gasteiger charge is -2.19. The molecule has 0 saturated heterocycles. The third kappa shape index (κ3) is 5.01. The van der Waals surface area contributed by atoms with Crippen LogP contribution >= 0.6 is 0 Å². The number of furan rings is 1. The molecule has 1 fully saturated rings. The van der Waals surface area contributed by atoms with Crippen LogP contribution in [0.2, 0.25) is 0 Å². The Labute approximate surface area is 231 Å². The first-order chi connectivity index (χ1) is 19.2. The van der Waals surface area contributed by atoms with Crippen LogP contribution in [-0.4, -0.2) is 24.4 Å². The summed E-state index contributed by atoms with van der Waals surface area (Å²) in [6.07, 6.45) is 3.29. The largest absolute Gasteiger partial charge is 0.455 e. The van der Waals surface area contributed by atoms with Crippen LogP contribution in [0.1, 0.15) is 46.0 Å². The average molecular weight is 540 g/mol. The van der Waals surface area contributed by atoms with Gasteiger partial charge in [0.1, 0.15) is 22.9 Å². The molecule has 4 aromatic rings. The molecule has 1 heterocycles. The Hall–Kier alpha value is -4.69. The quantitative estimate of drug-likeness (QED) is 0.141. The molecule has 4 N–H and O–H groups in total. The summed E-state index contributed by atoms with van der Waals surface area (Å²) < 4.78 is 19.6. The van der Waals surface area contributed by atoms with Crippen LogP contribution in [0.5, 0.6) is 0 Å². The molecule has 0 unspecified atom stereocenters. The molecular formula is C32H30FN3O4. The van der Waals surface area contributed by atoms with Crippen molar-refractivity contribution >= 4 is 22.8 Å². The highest BCUT2D eigenvalue weighted by molar-refractivity contribution is 6.12. The maximum absolute atomic E-state index is 13.5. The molecule has 7 nitrogen and oxygen atoms in total. The van der Waals surface area contributed by atoms with Gasteiger partial charge in [0.25, 0.3) is 11.8 Å². The molecule has 5 rings (SSSR count). The molecule has 1 aromatic heterocycles. The number of amides is 2. The van der Waals surface area contributed by atoms with E-state index in [1.807, 2.05) is 31.2 Å². The highest BCUT2D eigenvalue weighted by Gasteiger charge is 2.46. The summed E-state index contributed by atoms with van der Waals surface area (Å²) in [5.74, 6) is 5.18. The second-order valence-corrected chi connectivity index (χ2v) is 10.1. The first-order valence-electron chi connectivity index (χ1n) is 12.9. The molecule has 3 aromatic carbocycles. The fraction of sp³-hybridized carbons (Fsp3) is 0.188. The van der Waals surface area contributed by atoms with E-state index in [0.29, 0.717) is 39.2 Å². The molecule has 0 bridgehead atoms. The molecule has 204 valence electrons. The van der Waals surface area contributed by atoms with Gasteiger partial charge in [0.15, 0.2) is 0 Å². The van der Waals surface area contributed by atoms with Crippen LogP contribution in [0.15, 0.2) is 89.1 Å². The van der Waals surface area contributed by atoms with Gasteiger partial charge in [-0.05, 0) is 104 Å². The Kier molecular flexibility index (Phi) is 7.04. The number of carbonyl (C=O) groups is 2. The van der Waals surface area contributed by atoms with Crippen molar-refractivity contribution < 1.29 is 23.2 Å². The number of rotatable bonds is 8. The van der Waals surface area contributed by atoms with Gasteiger partial charge < -0.3 is 19.9 Å². The summed E-state index contributed by atoms with van der Waals surface area (Å²) in [5, 5.41) is 6.41. The summed E-state index contributed by atoms with van der Waals surface area (Å²) in [6, 6.07) is 16.9. The van der Waals surface area contributed by atoms with Crippen molar-refractivity contribution in [3.63, 3.8) is 0 Å². The number of nitrogens with two attached hydrogens (primary N) is 1. The van der Waals surface area contributed by atoms with Gasteiger partial charge in [0.2, 0.25) is 0 Å². The van der Waals surface area contributed by atoms with Gasteiger partial charge in [-0.15, -0.1) is 0 Å². The average Bonchev–Trinajstić information content (AvgIpc) is 3.64. The Morgan fingerprint density at radius 3 is 2.40 bits per heavy atom. The lowest BCUT2D eigenvalue weighted by Crippen LogP contribution is -2.37. The zero-order valence-corrected chi connectivity index (χ0v) is 22.6. The zero-order valence-electron chi connectivity index (χ0n) is 22.6. The van der Waals surface area contributed by atoms with E-state index in [1.165, 1.54) is 12.1 Å². The van der Waals surface area contributed by atoms with Crippen molar-refractivity contribution in [2.45, 2.75) is 32.2 Å². The van der Waals surface area contributed by atoms with Gasteiger partial charge in [0, 0.05) is 23.6 Å². The number of halogens is 1. The van der Waals surface area contributed by atoms with E-state index in [9.17, 15) is 14.0 Å². The summed E-state index contributed by atoms with van der Waals surface area (Å²) in [5.41, 5.74) is 4.82. The van der Waals surface area contributed by atoms with Crippen molar-refractivity contribution in [2.75, 3.05) is 7.05 Å². The van der Waals surface area contributed by atoms with Crippen LogP contribution in [0, 0.1) is 12.7 Å². The minimum absolute atomic E-state index is 0.214. The molecule has 0 atom stereocenters. The van der Waals surface area contributed by atoms with E-state index in [2.05, 4.69) is 17.2 Å². The summed E-state index contributed by atoms with van der Waals surface area (Å²) in [6.45, 7) is 7.79. The molecule has 0 spiro atoms. The molecule has 1 saturated carbocycles. The van der Waals surface area contributed by atoms with Gasteiger partial charge >= 0.3 is 0 Å². The predicted octanol–water partition coefficient (Wildman–Crippen LogP) is 6.19. The monoisotopic (exact) mass is 539 g/mol. The van der Waals surface area contributed by atoms with Crippen molar-refractivity contribution in [2.24, 2.45) is 5.90 Å². The lowest BCUT2D eigenvalue weighted by molar-refractivity contribution is 0.0936. The molecule has 2 amide bonds. The van der Waals surface area contributed by atoms with Crippen LogP contribution in [0.3, 0.4) is 0 Å². The molecule has 1 aliphatic carbocycles. The zero-order chi connectivity index (χ0) is 28.6. The van der Waals surface area contributed by atoms with E-state index in [1.54, 1.807) is 44.3 Å². The lowest BCUT2D eigenvalue weighted by atomic mass is 9.95. The number of benzene rings is 3. The van der Waals surface area contributed by atoms with Crippen LogP contribution in [0.4, 0.5) is 4.39 Å². The van der Waals surface area contributed by atoms with Crippen LogP contribution in [-0.2, 0) is 4.84 Å². The van der Waals surface area contributed by atoms with Crippen molar-refractivity contribution in [1.29, 1.82) is 0 Å². The van der Waals surface area contributed by atoms with Gasteiger partial charge in [0.05, 0.1) is 11.1 Å². The second kappa shape index (κ2) is 10.5. The van der Waals surface area contributed by atoms with E-state index in [-0.39, 0.29) is 17.6 Å². The van der Waals surface area contributed by atoms with Crippen molar-refractivity contribution in [3.05, 3.63) is 107 Å². The van der Waals surface area contributed by atoms with Crippen molar-refractivity contribution in [3.8, 4) is 22.5 Å². The van der Waals surface area contributed by atoms with Crippen molar-refractivity contribution in [1.82, 2.24) is 10.6 Å². The van der Waals surface area contributed by atoms with Crippen LogP contribution in [0.25, 0.3) is 33.4 Å². The first-order valence-corrected chi connectivity index (χ1v) is 12.9. The minimum Gasteiger partial charge on any atom is -0.455 e. The standard InChI is InChI=1S/C32H30FN3O4/c1-18-5-6-23(30(37)36-32(13-14-32)19(2)15-20(3)40-34)17-25(18)22-9-12-27-26(16-22)28(31(38)35-4)29(39-27)21-7-10-24(33)11-8-21/h5-12,15-17H,2,13-14,34H2,1,3-4H3,(H,35,38)(H,36,37)/b20-15-. The van der Waals surface area contributed by atoms with E-state index < -0.39 is 5.54 Å². The fourth-order valence-corrected chi connectivity index (χ4v) is 4.85. The van der Waals surface area contributed by atoms with Gasteiger partial charge in [-0.2, -0.15) is 5.90 Å². The minimum atomic E-state index is -0.517. The predicted molar refractivity (Wildman–Crippen MR) is 153 cm³/mol. The summed E-state index contributed by atoms with van der Waals surface area (Å²) >= 11 is 0. The number of aryl methyl sites for hydroxylation is 1. The van der Waals surface area contributed by atoms with Gasteiger partial charge in [-0.25, -0.2) is 4.39 Å².